The topological polar surface area (TPSA) is 130 Å². The zero-order chi connectivity index (χ0) is 44.2. The average molecular weight is 778 g/mol. The zero-order valence-corrected chi connectivity index (χ0v) is 39.1. The van der Waals surface area contributed by atoms with Crippen molar-refractivity contribution in [3.8, 4) is 0 Å². The number of hydrogen-bond acceptors (Lipinski definition) is 6. The van der Waals surface area contributed by atoms with Crippen LogP contribution in [0.15, 0.2) is 24.3 Å². The van der Waals surface area contributed by atoms with Crippen molar-refractivity contribution in [3.63, 3.8) is 0 Å². The van der Waals surface area contributed by atoms with Gasteiger partial charge in [-0.3, -0.25) is 33.7 Å². The molecule has 1 aliphatic heterocycles. The van der Waals surface area contributed by atoms with E-state index in [9.17, 15) is 28.8 Å². The minimum absolute atomic E-state index is 0.00347. The largest absolute Gasteiger partial charge is 0.354 e. The van der Waals surface area contributed by atoms with Gasteiger partial charge in [0, 0.05) is 55.1 Å². The predicted molar refractivity (Wildman–Crippen MR) is 232 cm³/mol. The molecule has 0 radical (unpaired) electrons. The van der Waals surface area contributed by atoms with Gasteiger partial charge in [-0.1, -0.05) is 109 Å². The highest BCUT2D eigenvalue weighted by atomic mass is 16.2. The van der Waals surface area contributed by atoms with Crippen molar-refractivity contribution in [2.75, 3.05) is 0 Å². The number of nitrogens with zero attached hydrogens (tertiary/aromatic N) is 1. The standard InChI is InChI=1S/C10H17NO2.C9H19NO.C9H17NO.C9H18O.C9H16O/c1-6(2)8-5-9(12)11(7(3)4)10(8)13;2*1-7(2)5-6-9(11)10-8(3)4;2*1-7(2)5-6-9(10)8(3)4/h6-8H,5H2,1-4H3;7-8H,5-6H2,1-4H3,(H,10,11);5-8H,1-4H3,(H,10,11);7-8H,5-6H2,1-4H3;5-8H,1-4H3. The fraction of sp³-hybridized carbons (Fsp3) is 0.783. The molecule has 1 atom stereocenters. The first-order chi connectivity index (χ1) is 25.1. The molecule has 0 aromatic heterocycles. The quantitative estimate of drug-likeness (QED) is 0.119. The van der Waals surface area contributed by atoms with E-state index in [4.69, 9.17) is 0 Å². The van der Waals surface area contributed by atoms with Crippen LogP contribution in [0.2, 0.25) is 0 Å². The second-order valence-electron chi connectivity index (χ2n) is 17.9. The van der Waals surface area contributed by atoms with E-state index in [-0.39, 0.29) is 71.2 Å². The summed E-state index contributed by atoms with van der Waals surface area (Å²) < 4.78 is 0. The molecule has 0 aromatic rings. The van der Waals surface area contributed by atoms with E-state index in [2.05, 4.69) is 52.2 Å². The van der Waals surface area contributed by atoms with Gasteiger partial charge in [0.2, 0.25) is 23.6 Å². The van der Waals surface area contributed by atoms with Crippen LogP contribution in [-0.2, 0) is 28.8 Å². The summed E-state index contributed by atoms with van der Waals surface area (Å²) in [5.41, 5.74) is 0. The molecule has 9 heteroatoms. The Morgan fingerprint density at radius 2 is 1.05 bits per heavy atom. The lowest BCUT2D eigenvalue weighted by atomic mass is 9.94. The summed E-state index contributed by atoms with van der Waals surface area (Å²) in [4.78, 5) is 68.6. The Kier molecular flexibility index (Phi) is 35.2. The van der Waals surface area contributed by atoms with Crippen LogP contribution in [0.4, 0.5) is 0 Å². The predicted octanol–water partition coefficient (Wildman–Crippen LogP) is 10.2. The third kappa shape index (κ3) is 37.6. The minimum Gasteiger partial charge on any atom is -0.354 e. The van der Waals surface area contributed by atoms with Gasteiger partial charge in [0.25, 0.3) is 0 Å². The number of carbonyl (C=O) groups is 6. The molecule has 0 spiro atoms. The molecule has 0 aromatic carbocycles. The van der Waals surface area contributed by atoms with Gasteiger partial charge in [-0.05, 0) is 96.1 Å². The second kappa shape index (κ2) is 33.1. The third-order valence-electron chi connectivity index (χ3n) is 7.83. The molecule has 0 bridgehead atoms. The van der Waals surface area contributed by atoms with Crippen molar-refractivity contribution in [3.05, 3.63) is 24.3 Å². The van der Waals surface area contributed by atoms with E-state index in [1.165, 1.54) is 4.90 Å². The minimum atomic E-state index is -0.0881. The summed E-state index contributed by atoms with van der Waals surface area (Å²) in [5.74, 6) is 3.49. The van der Waals surface area contributed by atoms with E-state index in [0.29, 0.717) is 42.3 Å². The molecular weight excluding hydrogens is 691 g/mol. The Hall–Kier alpha value is -3.10. The molecule has 1 fully saturated rings. The van der Waals surface area contributed by atoms with E-state index >= 15 is 0 Å². The van der Waals surface area contributed by atoms with Crippen molar-refractivity contribution in [1.82, 2.24) is 15.5 Å². The van der Waals surface area contributed by atoms with Gasteiger partial charge in [-0.25, -0.2) is 0 Å². The number of carbonyl (C=O) groups excluding carboxylic acids is 6. The van der Waals surface area contributed by atoms with E-state index < -0.39 is 0 Å². The van der Waals surface area contributed by atoms with Crippen molar-refractivity contribution < 1.29 is 28.8 Å². The molecule has 4 amide bonds. The van der Waals surface area contributed by atoms with Crippen LogP contribution < -0.4 is 10.6 Å². The summed E-state index contributed by atoms with van der Waals surface area (Å²) >= 11 is 0. The summed E-state index contributed by atoms with van der Waals surface area (Å²) in [6, 6.07) is 0.498. The van der Waals surface area contributed by atoms with Gasteiger partial charge in [0.15, 0.2) is 5.78 Å². The van der Waals surface area contributed by atoms with Gasteiger partial charge in [0.1, 0.15) is 5.78 Å². The lowest BCUT2D eigenvalue weighted by molar-refractivity contribution is -0.141. The first-order valence-electron chi connectivity index (χ1n) is 20.9. The van der Waals surface area contributed by atoms with Crippen LogP contribution in [0.1, 0.15) is 171 Å². The van der Waals surface area contributed by atoms with Gasteiger partial charge >= 0.3 is 0 Å². The van der Waals surface area contributed by atoms with Crippen LogP contribution >= 0.6 is 0 Å². The second-order valence-corrected chi connectivity index (χ2v) is 17.9. The fourth-order valence-corrected chi connectivity index (χ4v) is 4.36. The number of nitrogens with one attached hydrogen (secondary N) is 2. The van der Waals surface area contributed by atoms with Crippen LogP contribution in [0.5, 0.6) is 0 Å². The molecule has 2 N–H and O–H groups in total. The van der Waals surface area contributed by atoms with Gasteiger partial charge in [0.05, 0.1) is 0 Å². The number of Topliss-reactive ketones (excluding diaryl/α,β-unsaturated/α-hetero) is 1. The van der Waals surface area contributed by atoms with Gasteiger partial charge < -0.3 is 10.6 Å². The van der Waals surface area contributed by atoms with Crippen molar-refractivity contribution in [1.29, 1.82) is 0 Å². The lowest BCUT2D eigenvalue weighted by Gasteiger charge is -2.19. The molecule has 55 heavy (non-hydrogen) atoms. The third-order valence-corrected chi connectivity index (χ3v) is 7.83. The maximum atomic E-state index is 11.7. The molecule has 1 saturated heterocycles. The highest BCUT2D eigenvalue weighted by molar-refractivity contribution is 6.03. The SMILES string of the molecule is CC(C)C1CC(=O)N(C(C)C)C1=O.CC(C)C=CC(=O)C(C)C.CC(C)C=CC(=O)NC(C)C.CC(C)CCC(=O)C(C)C.CC(C)CCC(=O)NC(C)C. The highest BCUT2D eigenvalue weighted by Crippen LogP contribution is 2.27. The Bertz CT molecular complexity index is 1140. The highest BCUT2D eigenvalue weighted by Gasteiger charge is 2.41. The maximum absolute atomic E-state index is 11.7. The van der Waals surface area contributed by atoms with Crippen LogP contribution in [0, 0.1) is 47.3 Å². The van der Waals surface area contributed by atoms with Crippen LogP contribution in [0.25, 0.3) is 0 Å². The van der Waals surface area contributed by atoms with Crippen molar-refractivity contribution in [2.45, 2.75) is 189 Å². The molecule has 1 rings (SSSR count). The molecule has 1 aliphatic rings. The van der Waals surface area contributed by atoms with E-state index in [0.717, 1.165) is 19.3 Å². The van der Waals surface area contributed by atoms with Crippen molar-refractivity contribution >= 4 is 35.2 Å². The Balaban J connectivity index is -0.000000297. The molecule has 9 nitrogen and oxygen atoms in total. The van der Waals surface area contributed by atoms with Crippen LogP contribution in [-0.4, -0.2) is 58.2 Å². The van der Waals surface area contributed by atoms with Gasteiger partial charge in [-0.2, -0.15) is 0 Å². The van der Waals surface area contributed by atoms with E-state index in [1.807, 2.05) is 109 Å². The van der Waals surface area contributed by atoms with Crippen molar-refractivity contribution in [2.24, 2.45) is 47.3 Å². The average Bonchev–Trinajstić information content (AvgIpc) is 3.34. The Morgan fingerprint density at radius 3 is 1.36 bits per heavy atom. The Morgan fingerprint density at radius 1 is 0.618 bits per heavy atom. The van der Waals surface area contributed by atoms with E-state index in [1.54, 1.807) is 12.2 Å². The smallest absolute Gasteiger partial charge is 0.243 e. The molecule has 0 saturated carbocycles. The number of ketones is 2. The molecule has 1 heterocycles. The summed E-state index contributed by atoms with van der Waals surface area (Å²) in [7, 11) is 0. The molecule has 322 valence electrons. The number of hydrogen-bond donors (Lipinski definition) is 2. The summed E-state index contributed by atoms with van der Waals surface area (Å²) in [5, 5.41) is 5.63. The fourth-order valence-electron chi connectivity index (χ4n) is 4.36. The summed E-state index contributed by atoms with van der Waals surface area (Å²) in [6.45, 7) is 40.1. The first kappa shape index (κ1) is 58.6. The normalized spacial score (nSPS) is 14.2. The molecule has 0 aliphatic carbocycles. The number of imide groups is 1. The molecular formula is C46H87N3O6. The van der Waals surface area contributed by atoms with Crippen LogP contribution in [0.3, 0.4) is 0 Å². The molecule has 1 unspecified atom stereocenters. The monoisotopic (exact) mass is 778 g/mol. The maximum Gasteiger partial charge on any atom is 0.243 e. The number of rotatable bonds is 16. The Labute approximate surface area is 339 Å². The zero-order valence-electron chi connectivity index (χ0n) is 39.1. The lowest BCUT2D eigenvalue weighted by Crippen LogP contribution is -2.37. The number of allylic oxidation sites excluding steroid dienone is 3. The van der Waals surface area contributed by atoms with Gasteiger partial charge in [-0.15, -0.1) is 0 Å². The first-order valence-corrected chi connectivity index (χ1v) is 20.9. The summed E-state index contributed by atoms with van der Waals surface area (Å²) in [6.07, 6.45) is 10.9. The number of amides is 4. The number of likely N-dealkylation sites (tertiary alicyclic amines) is 1.